The summed E-state index contributed by atoms with van der Waals surface area (Å²) in [5.41, 5.74) is -0.127. The molecular formula is C14H13N3O6. The molecule has 120 valence electrons. The molecule has 0 radical (unpaired) electrons. The van der Waals surface area contributed by atoms with E-state index in [2.05, 4.69) is 14.7 Å². The van der Waals surface area contributed by atoms with E-state index in [1.807, 2.05) is 0 Å². The molecule has 1 heterocycles. The van der Waals surface area contributed by atoms with Crippen LogP contribution >= 0.6 is 0 Å². The van der Waals surface area contributed by atoms with Gasteiger partial charge < -0.3 is 19.9 Å². The Labute approximate surface area is 130 Å². The van der Waals surface area contributed by atoms with Crippen LogP contribution in [-0.4, -0.2) is 45.3 Å². The Morgan fingerprint density at radius 3 is 2.39 bits per heavy atom. The monoisotopic (exact) mass is 319 g/mol. The van der Waals surface area contributed by atoms with Crippen LogP contribution in [0.2, 0.25) is 0 Å². The van der Waals surface area contributed by atoms with Crippen LogP contribution in [0.3, 0.4) is 0 Å². The van der Waals surface area contributed by atoms with Gasteiger partial charge in [-0.2, -0.15) is 0 Å². The molecule has 1 aromatic heterocycles. The smallest absolute Gasteiger partial charge is 0.414 e. The minimum Gasteiger partial charge on any atom is -0.476 e. The molecule has 1 unspecified atom stereocenters. The van der Waals surface area contributed by atoms with E-state index in [9.17, 15) is 19.5 Å². The van der Waals surface area contributed by atoms with E-state index in [1.54, 1.807) is 18.2 Å². The fourth-order valence-corrected chi connectivity index (χ4v) is 2.09. The molecule has 0 saturated heterocycles. The van der Waals surface area contributed by atoms with Gasteiger partial charge in [-0.1, -0.05) is 30.3 Å². The van der Waals surface area contributed by atoms with Crippen molar-refractivity contribution in [3.8, 4) is 0 Å². The number of aromatic carboxylic acids is 1. The van der Waals surface area contributed by atoms with Gasteiger partial charge in [0.2, 0.25) is 0 Å². The first-order chi connectivity index (χ1) is 11.0. The van der Waals surface area contributed by atoms with Crippen molar-refractivity contribution in [1.29, 1.82) is 0 Å². The van der Waals surface area contributed by atoms with Gasteiger partial charge in [0.25, 0.3) is 0 Å². The Balaban J connectivity index is 2.60. The summed E-state index contributed by atoms with van der Waals surface area (Å²) in [5, 5.41) is 18.6. The third-order valence-corrected chi connectivity index (χ3v) is 3.07. The van der Waals surface area contributed by atoms with Crippen molar-refractivity contribution >= 4 is 23.8 Å². The van der Waals surface area contributed by atoms with Gasteiger partial charge in [0, 0.05) is 0 Å². The van der Waals surface area contributed by atoms with Gasteiger partial charge in [-0.05, 0) is 5.56 Å². The number of carboxylic acids is 1. The van der Waals surface area contributed by atoms with Crippen LogP contribution in [0.5, 0.6) is 0 Å². The van der Waals surface area contributed by atoms with E-state index >= 15 is 0 Å². The zero-order chi connectivity index (χ0) is 17.0. The molecule has 0 spiro atoms. The summed E-state index contributed by atoms with van der Waals surface area (Å²) in [6.45, 7) is 0. The van der Waals surface area contributed by atoms with E-state index in [0.29, 0.717) is 10.5 Å². The number of nitrogens with one attached hydrogen (secondary N) is 1. The van der Waals surface area contributed by atoms with E-state index in [0.717, 1.165) is 13.4 Å². The van der Waals surface area contributed by atoms with Gasteiger partial charge >= 0.3 is 18.0 Å². The second-order valence-corrected chi connectivity index (χ2v) is 4.40. The number of benzene rings is 1. The third kappa shape index (κ3) is 3.12. The van der Waals surface area contributed by atoms with E-state index < -0.39 is 35.6 Å². The molecule has 9 nitrogen and oxygen atoms in total. The first kappa shape index (κ1) is 16.0. The minimum atomic E-state index is -1.54. The standard InChI is InChI=1S/C14H13N3O6/c1-23-13(20)10(8-5-3-2-4-6-8)17(14(21)22)11-9(12(18)19)15-7-16-11/h2-7,10H,1H3,(H,15,16)(H,18,19)(H,21,22). The fourth-order valence-electron chi connectivity index (χ4n) is 2.09. The van der Waals surface area contributed by atoms with Crippen LogP contribution in [0.1, 0.15) is 22.1 Å². The average Bonchev–Trinajstić information content (AvgIpc) is 3.01. The Bertz CT molecular complexity index is 727. The predicted molar refractivity (Wildman–Crippen MR) is 77.2 cm³/mol. The second-order valence-electron chi connectivity index (χ2n) is 4.40. The second kappa shape index (κ2) is 6.60. The number of rotatable bonds is 5. The molecule has 0 aliphatic rings. The predicted octanol–water partition coefficient (Wildman–Crippen LogP) is 1.51. The number of hydrogen-bond donors (Lipinski definition) is 3. The first-order valence-corrected chi connectivity index (χ1v) is 6.39. The summed E-state index contributed by atoms with van der Waals surface area (Å²) in [4.78, 5) is 41.6. The first-order valence-electron chi connectivity index (χ1n) is 6.39. The number of amides is 1. The normalized spacial score (nSPS) is 11.5. The number of hydrogen-bond acceptors (Lipinski definition) is 5. The summed E-state index contributed by atoms with van der Waals surface area (Å²) in [5.74, 6) is -2.66. The number of imidazole rings is 1. The number of esters is 1. The fraction of sp³-hybridized carbons (Fsp3) is 0.143. The van der Waals surface area contributed by atoms with Crippen LogP contribution in [-0.2, 0) is 9.53 Å². The summed E-state index contributed by atoms with van der Waals surface area (Å²) in [7, 11) is 1.11. The van der Waals surface area contributed by atoms with Gasteiger partial charge in [0.05, 0.1) is 13.4 Å². The number of carbonyl (C=O) groups excluding carboxylic acids is 1. The molecule has 9 heteroatoms. The molecule has 23 heavy (non-hydrogen) atoms. The van der Waals surface area contributed by atoms with Gasteiger partial charge in [-0.25, -0.2) is 24.3 Å². The summed E-state index contributed by atoms with van der Waals surface area (Å²) >= 11 is 0. The van der Waals surface area contributed by atoms with Crippen molar-refractivity contribution in [1.82, 2.24) is 9.97 Å². The summed E-state index contributed by atoms with van der Waals surface area (Å²) < 4.78 is 4.67. The topological polar surface area (TPSA) is 133 Å². The molecule has 0 aliphatic heterocycles. The highest BCUT2D eigenvalue weighted by Crippen LogP contribution is 2.29. The Hall–Kier alpha value is -3.36. The molecule has 0 bridgehead atoms. The Morgan fingerprint density at radius 1 is 1.22 bits per heavy atom. The van der Waals surface area contributed by atoms with Crippen molar-refractivity contribution < 1.29 is 29.3 Å². The molecule has 2 aromatic rings. The van der Waals surface area contributed by atoms with Crippen molar-refractivity contribution in [2.24, 2.45) is 0 Å². The number of carboxylic acid groups (broad SMARTS) is 2. The van der Waals surface area contributed by atoms with Crippen LogP contribution < -0.4 is 4.90 Å². The molecule has 1 aromatic carbocycles. The number of H-pyrrole nitrogens is 1. The third-order valence-electron chi connectivity index (χ3n) is 3.07. The molecular weight excluding hydrogens is 306 g/mol. The highest BCUT2D eigenvalue weighted by Gasteiger charge is 2.37. The highest BCUT2D eigenvalue weighted by molar-refractivity contribution is 6.00. The number of aromatic nitrogens is 2. The van der Waals surface area contributed by atoms with Crippen LogP contribution in [0, 0.1) is 0 Å². The summed E-state index contributed by atoms with van der Waals surface area (Å²) in [6, 6.07) is 6.61. The zero-order valence-electron chi connectivity index (χ0n) is 12.0. The van der Waals surface area contributed by atoms with Gasteiger partial charge in [0.1, 0.15) is 0 Å². The van der Waals surface area contributed by atoms with E-state index in [4.69, 9.17) is 5.11 Å². The number of ether oxygens (including phenoxy) is 1. The molecule has 3 N–H and O–H groups in total. The molecule has 0 aliphatic carbocycles. The maximum atomic E-state index is 12.1. The Morgan fingerprint density at radius 2 is 1.87 bits per heavy atom. The highest BCUT2D eigenvalue weighted by atomic mass is 16.5. The van der Waals surface area contributed by atoms with E-state index in [1.165, 1.54) is 12.1 Å². The number of nitrogens with zero attached hydrogens (tertiary/aromatic N) is 2. The van der Waals surface area contributed by atoms with Gasteiger partial charge in [-0.15, -0.1) is 0 Å². The summed E-state index contributed by atoms with van der Waals surface area (Å²) in [6.07, 6.45) is -0.507. The zero-order valence-corrected chi connectivity index (χ0v) is 12.0. The minimum absolute atomic E-state index is 0.320. The number of methoxy groups -OCH3 is 1. The molecule has 1 amide bonds. The Kier molecular flexibility index (Phi) is 4.60. The van der Waals surface area contributed by atoms with Crippen molar-refractivity contribution in [3.63, 3.8) is 0 Å². The molecule has 2 rings (SSSR count). The lowest BCUT2D eigenvalue weighted by Crippen LogP contribution is -2.40. The molecule has 0 fully saturated rings. The number of anilines is 1. The lowest BCUT2D eigenvalue weighted by Gasteiger charge is -2.26. The average molecular weight is 319 g/mol. The largest absolute Gasteiger partial charge is 0.476 e. The van der Waals surface area contributed by atoms with Crippen LogP contribution in [0.15, 0.2) is 36.7 Å². The van der Waals surface area contributed by atoms with Gasteiger partial charge in [-0.3, -0.25) is 0 Å². The lowest BCUT2D eigenvalue weighted by molar-refractivity contribution is -0.142. The van der Waals surface area contributed by atoms with Crippen LogP contribution in [0.25, 0.3) is 0 Å². The number of carbonyl (C=O) groups is 3. The van der Waals surface area contributed by atoms with Crippen molar-refractivity contribution in [2.75, 3.05) is 12.0 Å². The lowest BCUT2D eigenvalue weighted by atomic mass is 10.1. The van der Waals surface area contributed by atoms with Gasteiger partial charge in [0.15, 0.2) is 17.6 Å². The molecule has 0 saturated carbocycles. The SMILES string of the molecule is COC(=O)C(c1ccccc1)N(C(=O)O)c1nc[nH]c1C(=O)O. The number of aromatic amines is 1. The molecule has 1 atom stereocenters. The maximum Gasteiger partial charge on any atom is 0.414 e. The van der Waals surface area contributed by atoms with E-state index in [-0.39, 0.29) is 0 Å². The van der Waals surface area contributed by atoms with Crippen molar-refractivity contribution in [3.05, 3.63) is 47.9 Å². The van der Waals surface area contributed by atoms with Crippen molar-refractivity contribution in [2.45, 2.75) is 6.04 Å². The van der Waals surface area contributed by atoms with Crippen LogP contribution in [0.4, 0.5) is 10.6 Å². The maximum absolute atomic E-state index is 12.1. The quantitative estimate of drug-likeness (QED) is 0.711.